The standard InChI is InChI=1S/C20H25N3O4/c1-12-7-8-14(21-13(2)24)11-17(12)22-18(25)9-10-23-19(26)15-5-3-4-6-16(15)20(23)27/h7-8,11,15-16H,3-6,9-10H2,1-2H3,(H,21,24)(H,22,25). The van der Waals surface area contributed by atoms with Gasteiger partial charge in [0.25, 0.3) is 0 Å². The molecule has 3 rings (SSSR count). The van der Waals surface area contributed by atoms with Gasteiger partial charge in [-0.15, -0.1) is 0 Å². The number of likely N-dealkylation sites (tertiary alicyclic amines) is 1. The molecule has 2 unspecified atom stereocenters. The molecule has 2 N–H and O–H groups in total. The number of nitrogens with zero attached hydrogens (tertiary/aromatic N) is 1. The van der Waals surface area contributed by atoms with Crippen molar-refractivity contribution >= 4 is 35.0 Å². The van der Waals surface area contributed by atoms with Crippen LogP contribution < -0.4 is 10.6 Å². The molecule has 0 spiro atoms. The molecule has 1 saturated carbocycles. The summed E-state index contributed by atoms with van der Waals surface area (Å²) in [5.41, 5.74) is 2.05. The molecule has 1 aliphatic heterocycles. The van der Waals surface area contributed by atoms with Crippen molar-refractivity contribution in [3.63, 3.8) is 0 Å². The fourth-order valence-electron chi connectivity index (χ4n) is 3.92. The lowest BCUT2D eigenvalue weighted by atomic mass is 9.81. The first-order valence-electron chi connectivity index (χ1n) is 9.40. The van der Waals surface area contributed by atoms with E-state index in [2.05, 4.69) is 10.6 Å². The number of amides is 4. The lowest BCUT2D eigenvalue weighted by Crippen LogP contribution is -2.34. The average Bonchev–Trinajstić information content (AvgIpc) is 2.87. The van der Waals surface area contributed by atoms with Crippen LogP contribution in [0.1, 0.15) is 44.6 Å². The molecule has 7 nitrogen and oxygen atoms in total. The minimum Gasteiger partial charge on any atom is -0.326 e. The van der Waals surface area contributed by atoms with Crippen molar-refractivity contribution in [1.29, 1.82) is 0 Å². The summed E-state index contributed by atoms with van der Waals surface area (Å²) in [5, 5.41) is 5.48. The van der Waals surface area contributed by atoms with E-state index in [1.807, 2.05) is 6.92 Å². The van der Waals surface area contributed by atoms with Crippen LogP contribution in [0, 0.1) is 18.8 Å². The number of carbonyl (C=O) groups is 4. The summed E-state index contributed by atoms with van der Waals surface area (Å²) >= 11 is 0. The minimum atomic E-state index is -0.270. The number of hydrogen-bond donors (Lipinski definition) is 2. The molecule has 1 aromatic carbocycles. The van der Waals surface area contributed by atoms with Gasteiger partial charge in [-0.05, 0) is 37.5 Å². The zero-order valence-electron chi connectivity index (χ0n) is 15.7. The minimum absolute atomic E-state index is 0.0563. The molecule has 7 heteroatoms. The highest BCUT2D eigenvalue weighted by atomic mass is 16.2. The Morgan fingerprint density at radius 3 is 2.30 bits per heavy atom. The summed E-state index contributed by atoms with van der Waals surface area (Å²) in [7, 11) is 0. The van der Waals surface area contributed by atoms with Gasteiger partial charge in [0.1, 0.15) is 0 Å². The predicted octanol–water partition coefficient (Wildman–Crippen LogP) is 2.46. The highest BCUT2D eigenvalue weighted by Gasteiger charge is 2.47. The second-order valence-corrected chi connectivity index (χ2v) is 7.33. The van der Waals surface area contributed by atoms with E-state index < -0.39 is 0 Å². The van der Waals surface area contributed by atoms with Crippen LogP contribution in [0.15, 0.2) is 18.2 Å². The molecular formula is C20H25N3O4. The highest BCUT2D eigenvalue weighted by Crippen LogP contribution is 2.38. The van der Waals surface area contributed by atoms with Crippen LogP contribution in [0.4, 0.5) is 11.4 Å². The summed E-state index contributed by atoms with van der Waals surface area (Å²) in [4.78, 5) is 49.7. The van der Waals surface area contributed by atoms with Crippen molar-refractivity contribution in [2.45, 2.75) is 46.0 Å². The number of fused-ring (bicyclic) bond motifs is 1. The molecule has 2 aliphatic rings. The van der Waals surface area contributed by atoms with E-state index in [1.165, 1.54) is 11.8 Å². The Labute approximate surface area is 158 Å². The third-order valence-electron chi connectivity index (χ3n) is 5.33. The third kappa shape index (κ3) is 4.18. The van der Waals surface area contributed by atoms with E-state index in [4.69, 9.17) is 0 Å². The number of anilines is 2. The van der Waals surface area contributed by atoms with E-state index in [0.717, 1.165) is 31.2 Å². The molecule has 2 fully saturated rings. The molecule has 1 aliphatic carbocycles. The van der Waals surface area contributed by atoms with Gasteiger partial charge in [-0.2, -0.15) is 0 Å². The van der Waals surface area contributed by atoms with Crippen molar-refractivity contribution in [2.24, 2.45) is 11.8 Å². The van der Waals surface area contributed by atoms with Crippen molar-refractivity contribution in [3.8, 4) is 0 Å². The normalized spacial score (nSPS) is 21.8. The smallest absolute Gasteiger partial charge is 0.233 e. The molecule has 1 saturated heterocycles. The second-order valence-electron chi connectivity index (χ2n) is 7.33. The highest BCUT2D eigenvalue weighted by molar-refractivity contribution is 6.05. The van der Waals surface area contributed by atoms with Gasteiger partial charge in [0, 0.05) is 31.3 Å². The molecular weight excluding hydrogens is 346 g/mol. The molecule has 144 valence electrons. The summed E-state index contributed by atoms with van der Waals surface area (Å²) < 4.78 is 0. The first kappa shape index (κ1) is 19.1. The summed E-state index contributed by atoms with van der Waals surface area (Å²) in [6, 6.07) is 5.25. The molecule has 0 aromatic heterocycles. The number of benzene rings is 1. The third-order valence-corrected chi connectivity index (χ3v) is 5.33. The van der Waals surface area contributed by atoms with Gasteiger partial charge in [0.15, 0.2) is 0 Å². The van der Waals surface area contributed by atoms with Crippen molar-refractivity contribution in [3.05, 3.63) is 23.8 Å². The Bertz CT molecular complexity index is 765. The van der Waals surface area contributed by atoms with Gasteiger partial charge >= 0.3 is 0 Å². The maximum Gasteiger partial charge on any atom is 0.233 e. The predicted molar refractivity (Wildman–Crippen MR) is 101 cm³/mol. The van der Waals surface area contributed by atoms with Gasteiger partial charge in [0.2, 0.25) is 23.6 Å². The Morgan fingerprint density at radius 2 is 1.70 bits per heavy atom. The maximum atomic E-state index is 12.5. The Kier molecular flexibility index (Phi) is 5.58. The molecule has 1 heterocycles. The topological polar surface area (TPSA) is 95.6 Å². The number of carbonyl (C=O) groups excluding carboxylic acids is 4. The monoisotopic (exact) mass is 371 g/mol. The Morgan fingerprint density at radius 1 is 1.07 bits per heavy atom. The first-order chi connectivity index (χ1) is 12.9. The summed E-state index contributed by atoms with van der Waals surface area (Å²) in [6.07, 6.45) is 3.57. The van der Waals surface area contributed by atoms with E-state index in [-0.39, 0.29) is 48.4 Å². The van der Waals surface area contributed by atoms with Crippen molar-refractivity contribution in [1.82, 2.24) is 4.90 Å². The second kappa shape index (κ2) is 7.90. The van der Waals surface area contributed by atoms with Gasteiger partial charge in [-0.25, -0.2) is 0 Å². The SMILES string of the molecule is CC(=O)Nc1ccc(C)c(NC(=O)CCN2C(=O)C3CCCCC3C2=O)c1. The van der Waals surface area contributed by atoms with Crippen LogP contribution in [0.5, 0.6) is 0 Å². The lowest BCUT2D eigenvalue weighted by molar-refractivity contribution is -0.140. The van der Waals surface area contributed by atoms with E-state index in [9.17, 15) is 19.2 Å². The molecule has 27 heavy (non-hydrogen) atoms. The molecule has 1 aromatic rings. The lowest BCUT2D eigenvalue weighted by Gasteiger charge is -2.19. The van der Waals surface area contributed by atoms with Crippen LogP contribution in [-0.4, -0.2) is 35.1 Å². The summed E-state index contributed by atoms with van der Waals surface area (Å²) in [6.45, 7) is 3.38. The van der Waals surface area contributed by atoms with E-state index in [0.29, 0.717) is 11.4 Å². The fraction of sp³-hybridized carbons (Fsp3) is 0.500. The zero-order valence-corrected chi connectivity index (χ0v) is 15.7. The van der Waals surface area contributed by atoms with Crippen LogP contribution >= 0.6 is 0 Å². The van der Waals surface area contributed by atoms with Crippen molar-refractivity contribution in [2.75, 3.05) is 17.2 Å². The van der Waals surface area contributed by atoms with E-state index in [1.54, 1.807) is 18.2 Å². The van der Waals surface area contributed by atoms with Crippen LogP contribution in [0.3, 0.4) is 0 Å². The molecule has 0 radical (unpaired) electrons. The Hall–Kier alpha value is -2.70. The van der Waals surface area contributed by atoms with E-state index >= 15 is 0 Å². The number of hydrogen-bond acceptors (Lipinski definition) is 4. The zero-order chi connectivity index (χ0) is 19.6. The number of aryl methyl sites for hydroxylation is 1. The Balaban J connectivity index is 1.59. The average molecular weight is 371 g/mol. The van der Waals surface area contributed by atoms with Gasteiger partial charge in [-0.1, -0.05) is 18.9 Å². The number of rotatable bonds is 5. The maximum absolute atomic E-state index is 12.5. The van der Waals surface area contributed by atoms with Crippen molar-refractivity contribution < 1.29 is 19.2 Å². The van der Waals surface area contributed by atoms with Crippen LogP contribution in [0.25, 0.3) is 0 Å². The number of nitrogens with one attached hydrogen (secondary N) is 2. The molecule has 2 atom stereocenters. The van der Waals surface area contributed by atoms with Crippen LogP contribution in [0.2, 0.25) is 0 Å². The first-order valence-corrected chi connectivity index (χ1v) is 9.40. The number of imide groups is 1. The van der Waals surface area contributed by atoms with Gasteiger partial charge in [-0.3, -0.25) is 24.1 Å². The fourth-order valence-corrected chi connectivity index (χ4v) is 3.92. The largest absolute Gasteiger partial charge is 0.326 e. The van der Waals surface area contributed by atoms with Gasteiger partial charge in [0.05, 0.1) is 11.8 Å². The summed E-state index contributed by atoms with van der Waals surface area (Å²) in [5.74, 6) is -1.09. The van der Waals surface area contributed by atoms with Crippen LogP contribution in [-0.2, 0) is 19.2 Å². The molecule has 4 amide bonds. The molecule has 0 bridgehead atoms. The quantitative estimate of drug-likeness (QED) is 0.777. The van der Waals surface area contributed by atoms with Gasteiger partial charge < -0.3 is 10.6 Å².